The molecule has 1 atom stereocenters. The number of unbranched alkanes of at least 4 members (excludes halogenated alkanes) is 3. The van der Waals surface area contributed by atoms with Crippen LogP contribution in [0.2, 0.25) is 0 Å². The fraction of sp³-hybridized carbons (Fsp3) is 0.857. The Hall–Kier alpha value is -1.10. The van der Waals surface area contributed by atoms with Crippen LogP contribution in [0.5, 0.6) is 0 Å². The zero-order valence-electron chi connectivity index (χ0n) is 11.8. The van der Waals surface area contributed by atoms with E-state index in [-0.39, 0.29) is 18.5 Å². The van der Waals surface area contributed by atoms with Crippen LogP contribution in [-0.4, -0.2) is 34.9 Å². The zero-order chi connectivity index (χ0) is 14.5. The molecule has 0 aliphatic rings. The molecule has 0 fully saturated rings. The lowest BCUT2D eigenvalue weighted by Gasteiger charge is -2.07. The van der Waals surface area contributed by atoms with Crippen molar-refractivity contribution >= 4 is 11.9 Å². The van der Waals surface area contributed by atoms with Crippen LogP contribution >= 0.6 is 0 Å². The molecule has 0 aliphatic carbocycles. The summed E-state index contributed by atoms with van der Waals surface area (Å²) >= 11 is 0. The Balaban J connectivity index is 3.28. The highest BCUT2D eigenvalue weighted by Gasteiger charge is 2.05. The summed E-state index contributed by atoms with van der Waals surface area (Å²) in [7, 11) is 0. The van der Waals surface area contributed by atoms with Crippen LogP contribution in [0.1, 0.15) is 64.7 Å². The first kappa shape index (κ1) is 17.9. The van der Waals surface area contributed by atoms with Crippen molar-refractivity contribution in [3.8, 4) is 0 Å². The van der Waals surface area contributed by atoms with Crippen LogP contribution in [0, 0.1) is 0 Å². The van der Waals surface area contributed by atoms with Crippen molar-refractivity contribution < 1.29 is 24.5 Å². The summed E-state index contributed by atoms with van der Waals surface area (Å²) in [6.45, 7) is 2.30. The highest BCUT2D eigenvalue weighted by atomic mass is 16.5. The van der Waals surface area contributed by atoms with E-state index < -0.39 is 5.97 Å². The monoisotopic (exact) mass is 274 g/mol. The van der Waals surface area contributed by atoms with E-state index >= 15 is 0 Å². The van der Waals surface area contributed by atoms with E-state index in [1.807, 2.05) is 6.92 Å². The Labute approximate surface area is 115 Å². The van der Waals surface area contributed by atoms with Gasteiger partial charge < -0.3 is 14.9 Å². The lowest BCUT2D eigenvalue weighted by atomic mass is 10.1. The van der Waals surface area contributed by atoms with Crippen LogP contribution in [0.15, 0.2) is 0 Å². The first-order valence-electron chi connectivity index (χ1n) is 7.11. The van der Waals surface area contributed by atoms with Gasteiger partial charge in [0.05, 0.1) is 12.7 Å². The molecule has 0 aromatic carbocycles. The second kappa shape index (κ2) is 12.0. The van der Waals surface area contributed by atoms with Crippen molar-refractivity contribution in [1.29, 1.82) is 0 Å². The van der Waals surface area contributed by atoms with Crippen molar-refractivity contribution in [3.05, 3.63) is 0 Å². The molecule has 1 unspecified atom stereocenters. The number of carboxylic acid groups (broad SMARTS) is 1. The van der Waals surface area contributed by atoms with Gasteiger partial charge in [-0.3, -0.25) is 9.59 Å². The van der Waals surface area contributed by atoms with Crippen LogP contribution in [0.25, 0.3) is 0 Å². The van der Waals surface area contributed by atoms with Gasteiger partial charge in [-0.2, -0.15) is 0 Å². The number of aliphatic hydroxyl groups excluding tert-OH is 1. The molecule has 0 heterocycles. The van der Waals surface area contributed by atoms with E-state index in [9.17, 15) is 14.7 Å². The minimum Gasteiger partial charge on any atom is -0.481 e. The van der Waals surface area contributed by atoms with Gasteiger partial charge in [0.15, 0.2) is 0 Å². The normalized spacial score (nSPS) is 12.1. The lowest BCUT2D eigenvalue weighted by molar-refractivity contribution is -0.144. The van der Waals surface area contributed by atoms with Crippen LogP contribution in [-0.2, 0) is 14.3 Å². The fourth-order valence-electron chi connectivity index (χ4n) is 1.67. The summed E-state index contributed by atoms with van der Waals surface area (Å²) in [6, 6.07) is 0. The zero-order valence-corrected chi connectivity index (χ0v) is 11.8. The predicted molar refractivity (Wildman–Crippen MR) is 71.8 cm³/mol. The molecule has 0 saturated heterocycles. The van der Waals surface area contributed by atoms with Gasteiger partial charge in [-0.25, -0.2) is 0 Å². The lowest BCUT2D eigenvalue weighted by Crippen LogP contribution is -2.07. The molecule has 112 valence electrons. The van der Waals surface area contributed by atoms with E-state index in [0.29, 0.717) is 25.9 Å². The second-order valence-electron chi connectivity index (χ2n) is 4.73. The minimum atomic E-state index is -0.786. The molecule has 0 bridgehead atoms. The first-order chi connectivity index (χ1) is 9.06. The molecule has 0 aromatic heterocycles. The molecular weight excluding hydrogens is 248 g/mol. The molecular formula is C14H26O5. The minimum absolute atomic E-state index is 0.174. The SMILES string of the molecule is CCC(O)CCCCC(=O)OCCCCCC(=O)O. The van der Waals surface area contributed by atoms with Crippen molar-refractivity contribution in [1.82, 2.24) is 0 Å². The summed E-state index contributed by atoms with van der Waals surface area (Å²) < 4.78 is 5.03. The van der Waals surface area contributed by atoms with Gasteiger partial charge >= 0.3 is 11.9 Å². The average Bonchev–Trinajstić information content (AvgIpc) is 2.38. The molecule has 5 nitrogen and oxygen atoms in total. The maximum atomic E-state index is 11.3. The van der Waals surface area contributed by atoms with Gasteiger partial charge in [0.25, 0.3) is 0 Å². The Morgan fingerprint density at radius 2 is 1.74 bits per heavy atom. The number of aliphatic hydroxyl groups is 1. The molecule has 0 saturated carbocycles. The Kier molecular flexibility index (Phi) is 11.3. The average molecular weight is 274 g/mol. The number of carbonyl (C=O) groups excluding carboxylic acids is 1. The molecule has 0 amide bonds. The Morgan fingerprint density at radius 3 is 2.37 bits per heavy atom. The maximum absolute atomic E-state index is 11.3. The quantitative estimate of drug-likeness (QED) is 0.422. The van der Waals surface area contributed by atoms with Gasteiger partial charge in [0.2, 0.25) is 0 Å². The molecule has 2 N–H and O–H groups in total. The van der Waals surface area contributed by atoms with Gasteiger partial charge in [-0.15, -0.1) is 0 Å². The molecule has 0 aromatic rings. The smallest absolute Gasteiger partial charge is 0.305 e. The highest BCUT2D eigenvalue weighted by molar-refractivity contribution is 5.69. The van der Waals surface area contributed by atoms with Crippen molar-refractivity contribution in [2.24, 2.45) is 0 Å². The summed E-state index contributed by atoms with van der Waals surface area (Å²) in [5, 5.41) is 17.8. The number of hydrogen-bond acceptors (Lipinski definition) is 4. The van der Waals surface area contributed by atoms with Gasteiger partial charge in [-0.1, -0.05) is 13.3 Å². The summed E-state index contributed by atoms with van der Waals surface area (Å²) in [5.74, 6) is -0.990. The summed E-state index contributed by atoms with van der Waals surface area (Å²) in [5.41, 5.74) is 0. The summed E-state index contributed by atoms with van der Waals surface area (Å²) in [4.78, 5) is 21.6. The number of carbonyl (C=O) groups is 2. The van der Waals surface area contributed by atoms with E-state index in [1.165, 1.54) is 0 Å². The molecule has 0 rings (SSSR count). The topological polar surface area (TPSA) is 83.8 Å². The van der Waals surface area contributed by atoms with Gasteiger partial charge in [-0.05, 0) is 38.5 Å². The fourth-order valence-corrected chi connectivity index (χ4v) is 1.67. The molecule has 0 aliphatic heterocycles. The third kappa shape index (κ3) is 13.1. The molecule has 19 heavy (non-hydrogen) atoms. The van der Waals surface area contributed by atoms with E-state index in [0.717, 1.165) is 32.1 Å². The number of carboxylic acids is 1. The van der Waals surface area contributed by atoms with Gasteiger partial charge in [0, 0.05) is 12.8 Å². The van der Waals surface area contributed by atoms with Crippen molar-refractivity contribution in [2.75, 3.05) is 6.61 Å². The molecule has 0 radical (unpaired) electrons. The number of aliphatic carboxylic acids is 1. The van der Waals surface area contributed by atoms with Gasteiger partial charge in [0.1, 0.15) is 0 Å². The molecule has 0 spiro atoms. The van der Waals surface area contributed by atoms with Crippen LogP contribution in [0.3, 0.4) is 0 Å². The number of rotatable bonds is 12. The Bertz CT molecular complexity index is 252. The predicted octanol–water partition coefficient (Wildman–Crippen LogP) is 2.51. The maximum Gasteiger partial charge on any atom is 0.305 e. The standard InChI is InChI=1S/C14H26O5/c1-2-12(15)8-5-6-10-14(18)19-11-7-3-4-9-13(16)17/h12,15H,2-11H2,1H3,(H,16,17). The third-order valence-electron chi connectivity index (χ3n) is 2.94. The van der Waals surface area contributed by atoms with Crippen molar-refractivity contribution in [3.63, 3.8) is 0 Å². The summed E-state index contributed by atoms with van der Waals surface area (Å²) in [6.07, 6.45) is 5.49. The Morgan fingerprint density at radius 1 is 1.05 bits per heavy atom. The van der Waals surface area contributed by atoms with E-state index in [1.54, 1.807) is 0 Å². The van der Waals surface area contributed by atoms with E-state index in [4.69, 9.17) is 9.84 Å². The molecule has 5 heteroatoms. The van der Waals surface area contributed by atoms with E-state index in [2.05, 4.69) is 0 Å². The largest absolute Gasteiger partial charge is 0.481 e. The number of hydrogen-bond donors (Lipinski definition) is 2. The van der Waals surface area contributed by atoms with Crippen LogP contribution in [0.4, 0.5) is 0 Å². The second-order valence-corrected chi connectivity index (χ2v) is 4.73. The number of esters is 1. The van der Waals surface area contributed by atoms with Crippen LogP contribution < -0.4 is 0 Å². The number of ether oxygens (including phenoxy) is 1. The highest BCUT2D eigenvalue weighted by Crippen LogP contribution is 2.07. The van der Waals surface area contributed by atoms with Crippen molar-refractivity contribution in [2.45, 2.75) is 70.8 Å². The first-order valence-corrected chi connectivity index (χ1v) is 7.11. The third-order valence-corrected chi connectivity index (χ3v) is 2.94.